The highest BCUT2D eigenvalue weighted by Gasteiger charge is 2.49. The molecule has 1 fully saturated rings. The van der Waals surface area contributed by atoms with Crippen molar-refractivity contribution in [1.82, 2.24) is 0 Å². The number of nitrogens with one attached hydrogen (secondary N) is 1. The van der Waals surface area contributed by atoms with Gasteiger partial charge in [-0.1, -0.05) is 23.7 Å². The average Bonchev–Trinajstić information content (AvgIpc) is 2.55. The van der Waals surface area contributed by atoms with E-state index in [-0.39, 0.29) is 12.0 Å². The third kappa shape index (κ3) is 1.49. The molecule has 1 aromatic carbocycles. The molecular formula is C13H14ClNO2. The van der Waals surface area contributed by atoms with Crippen LogP contribution >= 0.6 is 11.6 Å². The molecule has 4 heteroatoms. The number of anilines is 1. The first-order valence-electron chi connectivity index (χ1n) is 5.85. The third-order valence-electron chi connectivity index (χ3n) is 3.77. The maximum absolute atomic E-state index is 12.3. The Kier molecular flexibility index (Phi) is 2.42. The van der Waals surface area contributed by atoms with E-state index in [9.17, 15) is 4.79 Å². The van der Waals surface area contributed by atoms with Crippen LogP contribution in [0.3, 0.4) is 0 Å². The van der Waals surface area contributed by atoms with E-state index in [0.29, 0.717) is 11.6 Å². The number of amides is 1. The first kappa shape index (κ1) is 11.1. The molecule has 2 unspecified atom stereocenters. The fourth-order valence-electron chi connectivity index (χ4n) is 2.94. The fourth-order valence-corrected chi connectivity index (χ4v) is 3.16. The number of ether oxygens (including phenoxy) is 1. The van der Waals surface area contributed by atoms with Gasteiger partial charge < -0.3 is 10.1 Å². The summed E-state index contributed by atoms with van der Waals surface area (Å²) in [5, 5.41) is 3.54. The van der Waals surface area contributed by atoms with Crippen LogP contribution in [0.25, 0.3) is 0 Å². The topological polar surface area (TPSA) is 38.3 Å². The predicted octanol–water partition coefficient (Wildman–Crippen LogP) is 2.73. The third-order valence-corrected chi connectivity index (χ3v) is 4.08. The van der Waals surface area contributed by atoms with Crippen LogP contribution in [0.2, 0.25) is 5.02 Å². The number of benzene rings is 1. The second kappa shape index (κ2) is 3.72. The Labute approximate surface area is 105 Å². The van der Waals surface area contributed by atoms with Gasteiger partial charge in [0.05, 0.1) is 22.2 Å². The van der Waals surface area contributed by atoms with Gasteiger partial charge in [0.2, 0.25) is 5.91 Å². The normalized spacial score (nSPS) is 31.4. The molecule has 2 aliphatic heterocycles. The van der Waals surface area contributed by atoms with Crippen molar-refractivity contribution in [2.75, 3.05) is 11.9 Å². The number of hydrogen-bond acceptors (Lipinski definition) is 2. The van der Waals surface area contributed by atoms with Crippen LogP contribution in [0.5, 0.6) is 0 Å². The highest BCUT2D eigenvalue weighted by Crippen LogP contribution is 2.48. The number of halogens is 1. The second-order valence-electron chi connectivity index (χ2n) is 4.83. The molecule has 2 atom stereocenters. The van der Waals surface area contributed by atoms with E-state index in [1.807, 2.05) is 25.1 Å². The lowest BCUT2D eigenvalue weighted by Gasteiger charge is -2.35. The second-order valence-corrected chi connectivity index (χ2v) is 5.24. The molecule has 2 heterocycles. The summed E-state index contributed by atoms with van der Waals surface area (Å²) in [5.74, 6) is 0.0655. The largest absolute Gasteiger partial charge is 0.378 e. The lowest BCUT2D eigenvalue weighted by molar-refractivity contribution is -0.126. The molecule has 1 aromatic rings. The van der Waals surface area contributed by atoms with Crippen molar-refractivity contribution >= 4 is 23.2 Å². The molecule has 0 saturated carbocycles. The number of rotatable bonds is 0. The van der Waals surface area contributed by atoms with Gasteiger partial charge in [-0.25, -0.2) is 0 Å². The molecule has 0 aliphatic carbocycles. The van der Waals surface area contributed by atoms with E-state index in [1.165, 1.54) is 0 Å². The Morgan fingerprint density at radius 1 is 1.53 bits per heavy atom. The number of carbonyl (C=O) groups is 1. The molecule has 0 bridgehead atoms. The van der Waals surface area contributed by atoms with E-state index in [1.54, 1.807) is 0 Å². The Balaban J connectivity index is 2.13. The lowest BCUT2D eigenvalue weighted by atomic mass is 9.73. The summed E-state index contributed by atoms with van der Waals surface area (Å²) in [7, 11) is 0. The van der Waals surface area contributed by atoms with Crippen molar-refractivity contribution in [3.63, 3.8) is 0 Å². The van der Waals surface area contributed by atoms with Crippen LogP contribution < -0.4 is 5.32 Å². The summed E-state index contributed by atoms with van der Waals surface area (Å²) < 4.78 is 5.55. The van der Waals surface area contributed by atoms with E-state index in [4.69, 9.17) is 16.3 Å². The minimum absolute atomic E-state index is 0.0655. The number of fused-ring (bicyclic) bond motifs is 2. The van der Waals surface area contributed by atoms with Crippen molar-refractivity contribution in [2.24, 2.45) is 0 Å². The average molecular weight is 252 g/mol. The standard InChI is InChI=1S/C13H14ClNO2/c1-8-7-13(5-6-17-8)9-3-2-4-10(14)11(9)15-12(13)16/h2-4,8H,5-7H2,1H3,(H,15,16). The predicted molar refractivity (Wildman–Crippen MR) is 66.4 cm³/mol. The molecule has 3 nitrogen and oxygen atoms in total. The van der Waals surface area contributed by atoms with Gasteiger partial charge in [0.1, 0.15) is 0 Å². The van der Waals surface area contributed by atoms with Crippen LogP contribution in [0.1, 0.15) is 25.3 Å². The molecule has 2 aliphatic rings. The van der Waals surface area contributed by atoms with Gasteiger partial charge in [0.15, 0.2) is 0 Å². The highest BCUT2D eigenvalue weighted by molar-refractivity contribution is 6.34. The first-order valence-corrected chi connectivity index (χ1v) is 6.23. The molecular weight excluding hydrogens is 238 g/mol. The molecule has 0 aromatic heterocycles. The maximum Gasteiger partial charge on any atom is 0.235 e. The number of carbonyl (C=O) groups excluding carboxylic acids is 1. The summed E-state index contributed by atoms with van der Waals surface area (Å²) in [6, 6.07) is 5.71. The SMILES string of the molecule is CC1CC2(CCO1)C(=O)Nc1c(Cl)cccc12. The van der Waals surface area contributed by atoms with Crippen LogP contribution in [-0.4, -0.2) is 18.6 Å². The van der Waals surface area contributed by atoms with Gasteiger partial charge in [-0.3, -0.25) is 4.79 Å². The van der Waals surface area contributed by atoms with Crippen LogP contribution in [0, 0.1) is 0 Å². The molecule has 3 rings (SSSR count). The van der Waals surface area contributed by atoms with Crippen LogP contribution in [-0.2, 0) is 14.9 Å². The Morgan fingerprint density at radius 3 is 3.12 bits per heavy atom. The minimum atomic E-state index is -0.433. The maximum atomic E-state index is 12.3. The molecule has 17 heavy (non-hydrogen) atoms. The molecule has 1 N–H and O–H groups in total. The van der Waals surface area contributed by atoms with Crippen molar-refractivity contribution < 1.29 is 9.53 Å². The fraction of sp³-hybridized carbons (Fsp3) is 0.462. The van der Waals surface area contributed by atoms with Gasteiger partial charge >= 0.3 is 0 Å². The van der Waals surface area contributed by atoms with Crippen LogP contribution in [0.4, 0.5) is 5.69 Å². The number of para-hydroxylation sites is 1. The minimum Gasteiger partial charge on any atom is -0.378 e. The number of hydrogen-bond donors (Lipinski definition) is 1. The van der Waals surface area contributed by atoms with E-state index in [2.05, 4.69) is 5.32 Å². The van der Waals surface area contributed by atoms with Gasteiger partial charge in [-0.2, -0.15) is 0 Å². The van der Waals surface area contributed by atoms with Gasteiger partial charge in [-0.15, -0.1) is 0 Å². The van der Waals surface area contributed by atoms with Gasteiger partial charge in [0.25, 0.3) is 0 Å². The molecule has 1 spiro atoms. The summed E-state index contributed by atoms with van der Waals surface area (Å²) >= 11 is 6.13. The van der Waals surface area contributed by atoms with E-state index in [0.717, 1.165) is 24.1 Å². The Bertz CT molecular complexity index is 488. The quantitative estimate of drug-likeness (QED) is 0.770. The van der Waals surface area contributed by atoms with Crippen molar-refractivity contribution in [1.29, 1.82) is 0 Å². The summed E-state index contributed by atoms with van der Waals surface area (Å²) in [5.41, 5.74) is 1.39. The molecule has 1 amide bonds. The molecule has 90 valence electrons. The molecule has 1 saturated heterocycles. The summed E-state index contributed by atoms with van der Waals surface area (Å²) in [6.07, 6.45) is 1.57. The smallest absolute Gasteiger partial charge is 0.235 e. The monoisotopic (exact) mass is 251 g/mol. The Hall–Kier alpha value is -1.06. The highest BCUT2D eigenvalue weighted by atomic mass is 35.5. The van der Waals surface area contributed by atoms with Crippen molar-refractivity contribution in [2.45, 2.75) is 31.3 Å². The van der Waals surface area contributed by atoms with E-state index < -0.39 is 5.41 Å². The zero-order valence-corrected chi connectivity index (χ0v) is 10.4. The van der Waals surface area contributed by atoms with E-state index >= 15 is 0 Å². The lowest BCUT2D eigenvalue weighted by Crippen LogP contribution is -2.42. The zero-order valence-electron chi connectivity index (χ0n) is 9.63. The van der Waals surface area contributed by atoms with Crippen molar-refractivity contribution in [3.05, 3.63) is 28.8 Å². The first-order chi connectivity index (χ1) is 8.13. The van der Waals surface area contributed by atoms with Crippen molar-refractivity contribution in [3.8, 4) is 0 Å². The molecule has 0 radical (unpaired) electrons. The Morgan fingerprint density at radius 2 is 2.35 bits per heavy atom. The summed E-state index contributed by atoms with van der Waals surface area (Å²) in [4.78, 5) is 12.3. The van der Waals surface area contributed by atoms with Gasteiger partial charge in [0, 0.05) is 6.61 Å². The van der Waals surface area contributed by atoms with Gasteiger partial charge in [-0.05, 0) is 31.4 Å². The van der Waals surface area contributed by atoms with Crippen LogP contribution in [0.15, 0.2) is 18.2 Å². The summed E-state index contributed by atoms with van der Waals surface area (Å²) in [6.45, 7) is 2.64. The zero-order chi connectivity index (χ0) is 12.0.